The average Bonchev–Trinajstić information content (AvgIpc) is 3.21. The quantitative estimate of drug-likeness (QED) is 0.530. The second-order valence-corrected chi connectivity index (χ2v) is 7.61. The van der Waals surface area contributed by atoms with Crippen LogP contribution in [0.4, 0.5) is 0 Å². The van der Waals surface area contributed by atoms with E-state index in [0.29, 0.717) is 16.8 Å². The predicted molar refractivity (Wildman–Crippen MR) is 112 cm³/mol. The molecule has 2 aromatic heterocycles. The molecule has 3 rings (SSSR count). The van der Waals surface area contributed by atoms with Crippen LogP contribution in [0, 0.1) is 0 Å². The fourth-order valence-corrected chi connectivity index (χ4v) is 3.55. The number of benzene rings is 1. The monoisotopic (exact) mass is 413 g/mol. The van der Waals surface area contributed by atoms with Gasteiger partial charge in [0.1, 0.15) is 4.83 Å². The number of hydrogen-bond donors (Lipinski definition) is 0. The Morgan fingerprint density at radius 1 is 1.17 bits per heavy atom. The Hall–Kier alpha value is -3.00. The maximum absolute atomic E-state index is 12.3. The fourth-order valence-electron chi connectivity index (χ4n) is 2.83. The topological polar surface area (TPSA) is 81.5 Å². The Morgan fingerprint density at radius 2 is 1.90 bits per heavy atom. The molecule has 1 aromatic carbocycles. The van der Waals surface area contributed by atoms with Crippen LogP contribution in [-0.2, 0) is 33.8 Å². The van der Waals surface area contributed by atoms with Gasteiger partial charge >= 0.3 is 5.97 Å². The molecule has 2 heterocycles. The third-order valence-electron chi connectivity index (χ3n) is 4.64. The number of aryl methyl sites for hydroxylation is 2. The number of esters is 1. The number of amides is 1. The van der Waals surface area contributed by atoms with Crippen LogP contribution < -0.4 is 5.56 Å². The van der Waals surface area contributed by atoms with Crippen molar-refractivity contribution in [2.24, 2.45) is 0 Å². The normalized spacial score (nSPS) is 10.8. The van der Waals surface area contributed by atoms with Crippen LogP contribution in [0.1, 0.15) is 24.5 Å². The summed E-state index contributed by atoms with van der Waals surface area (Å²) in [6.07, 6.45) is 2.39. The molecule has 0 aliphatic rings. The molecule has 0 unspecified atom stereocenters. The molecule has 0 spiro atoms. The Labute approximate surface area is 172 Å². The third kappa shape index (κ3) is 5.29. The molecular formula is C21H23N3O4S. The molecule has 0 fully saturated rings. The Kier molecular flexibility index (Phi) is 6.77. The van der Waals surface area contributed by atoms with E-state index in [-0.39, 0.29) is 31.0 Å². The molecular weight excluding hydrogens is 390 g/mol. The summed E-state index contributed by atoms with van der Waals surface area (Å²) < 4.78 is 6.45. The van der Waals surface area contributed by atoms with Crippen molar-refractivity contribution < 1.29 is 14.3 Å². The first kappa shape index (κ1) is 20.7. The zero-order valence-corrected chi connectivity index (χ0v) is 17.3. The van der Waals surface area contributed by atoms with Crippen LogP contribution in [0.25, 0.3) is 10.2 Å². The van der Waals surface area contributed by atoms with Gasteiger partial charge in [0.15, 0.2) is 6.61 Å². The molecule has 0 radical (unpaired) electrons. The van der Waals surface area contributed by atoms with E-state index in [4.69, 9.17) is 4.74 Å². The zero-order chi connectivity index (χ0) is 20.8. The van der Waals surface area contributed by atoms with Gasteiger partial charge in [0, 0.05) is 20.1 Å². The molecule has 0 bridgehead atoms. The number of carbonyl (C=O) groups is 2. The second kappa shape index (κ2) is 9.47. The molecule has 1 amide bonds. The van der Waals surface area contributed by atoms with Crippen molar-refractivity contribution in [1.82, 2.24) is 14.5 Å². The van der Waals surface area contributed by atoms with Crippen LogP contribution >= 0.6 is 11.3 Å². The molecule has 0 saturated heterocycles. The van der Waals surface area contributed by atoms with Gasteiger partial charge < -0.3 is 9.64 Å². The van der Waals surface area contributed by atoms with E-state index in [1.807, 2.05) is 24.3 Å². The van der Waals surface area contributed by atoms with Crippen LogP contribution in [0.15, 0.2) is 46.8 Å². The summed E-state index contributed by atoms with van der Waals surface area (Å²) in [6.45, 7) is 2.37. The van der Waals surface area contributed by atoms with Gasteiger partial charge in [0.05, 0.1) is 18.1 Å². The predicted octanol–water partition coefficient (Wildman–Crippen LogP) is 2.61. The summed E-state index contributed by atoms with van der Waals surface area (Å²) in [6, 6.07) is 9.78. The minimum absolute atomic E-state index is 0.00724. The second-order valence-electron chi connectivity index (χ2n) is 6.71. The highest BCUT2D eigenvalue weighted by Crippen LogP contribution is 2.13. The third-order valence-corrected chi connectivity index (χ3v) is 5.46. The molecule has 29 heavy (non-hydrogen) atoms. The zero-order valence-electron chi connectivity index (χ0n) is 16.5. The Bertz CT molecular complexity index is 1060. The number of thiophene rings is 1. The van der Waals surface area contributed by atoms with Crippen LogP contribution in [-0.4, -0.2) is 40.0 Å². The molecule has 0 N–H and O–H groups in total. The van der Waals surface area contributed by atoms with Crippen LogP contribution in [0.5, 0.6) is 0 Å². The number of likely N-dealkylation sites (N-methyl/N-ethyl adjacent to an activating group) is 1. The minimum Gasteiger partial charge on any atom is -0.456 e. The van der Waals surface area contributed by atoms with Crippen LogP contribution in [0.2, 0.25) is 0 Å². The van der Waals surface area contributed by atoms with Gasteiger partial charge in [-0.05, 0) is 29.0 Å². The maximum atomic E-state index is 12.3. The van der Waals surface area contributed by atoms with Gasteiger partial charge in [-0.2, -0.15) is 0 Å². The number of hydrogen-bond acceptors (Lipinski definition) is 6. The van der Waals surface area contributed by atoms with Gasteiger partial charge in [-0.15, -0.1) is 11.3 Å². The van der Waals surface area contributed by atoms with Crippen molar-refractivity contribution >= 4 is 33.4 Å². The van der Waals surface area contributed by atoms with E-state index in [1.165, 1.54) is 32.7 Å². The molecule has 3 aromatic rings. The first-order chi connectivity index (χ1) is 14.0. The van der Waals surface area contributed by atoms with Crippen molar-refractivity contribution in [2.75, 3.05) is 13.7 Å². The highest BCUT2D eigenvalue weighted by molar-refractivity contribution is 7.16. The van der Waals surface area contributed by atoms with Crippen molar-refractivity contribution in [3.8, 4) is 0 Å². The van der Waals surface area contributed by atoms with Gasteiger partial charge in [0.2, 0.25) is 0 Å². The van der Waals surface area contributed by atoms with Crippen molar-refractivity contribution in [1.29, 1.82) is 0 Å². The lowest BCUT2D eigenvalue weighted by molar-refractivity contribution is -0.151. The number of carbonyl (C=O) groups excluding carboxylic acids is 2. The van der Waals surface area contributed by atoms with Crippen molar-refractivity contribution in [2.45, 2.75) is 32.9 Å². The number of nitrogens with zero attached hydrogens (tertiary/aromatic N) is 3. The minimum atomic E-state index is -0.531. The van der Waals surface area contributed by atoms with E-state index in [9.17, 15) is 14.4 Å². The van der Waals surface area contributed by atoms with Gasteiger partial charge in [-0.25, -0.2) is 4.98 Å². The van der Waals surface area contributed by atoms with Crippen molar-refractivity contribution in [3.05, 3.63) is 63.5 Å². The highest BCUT2D eigenvalue weighted by Gasteiger charge is 2.13. The molecule has 0 aliphatic heterocycles. The lowest BCUT2D eigenvalue weighted by Gasteiger charge is -2.17. The van der Waals surface area contributed by atoms with Gasteiger partial charge in [-0.1, -0.05) is 31.2 Å². The number of rotatable bonds is 8. The largest absolute Gasteiger partial charge is 0.456 e. The summed E-state index contributed by atoms with van der Waals surface area (Å²) in [7, 11) is 1.67. The maximum Gasteiger partial charge on any atom is 0.308 e. The summed E-state index contributed by atoms with van der Waals surface area (Å²) in [4.78, 5) is 42.9. The summed E-state index contributed by atoms with van der Waals surface area (Å²) >= 11 is 1.39. The van der Waals surface area contributed by atoms with E-state index >= 15 is 0 Å². The standard InChI is InChI=1S/C21H23N3O4S/c1-3-15-4-6-16(7-5-15)12-23(2)18(25)13-28-19(26)8-10-24-14-22-20-17(21(24)27)9-11-29-20/h4-7,9,11,14H,3,8,10,12-13H2,1-2H3. The number of fused-ring (bicyclic) bond motifs is 1. The Morgan fingerprint density at radius 3 is 2.62 bits per heavy atom. The molecule has 152 valence electrons. The van der Waals surface area contributed by atoms with Crippen LogP contribution in [0.3, 0.4) is 0 Å². The van der Waals surface area contributed by atoms with Gasteiger partial charge in [-0.3, -0.25) is 19.0 Å². The SMILES string of the molecule is CCc1ccc(CN(C)C(=O)COC(=O)CCn2cnc3sccc3c2=O)cc1. The van der Waals surface area contributed by atoms with E-state index in [0.717, 1.165) is 12.0 Å². The van der Waals surface area contributed by atoms with Crippen molar-refractivity contribution in [3.63, 3.8) is 0 Å². The number of ether oxygens (including phenoxy) is 1. The smallest absolute Gasteiger partial charge is 0.308 e. The summed E-state index contributed by atoms with van der Waals surface area (Å²) in [5.74, 6) is -0.812. The fraction of sp³-hybridized carbons (Fsp3) is 0.333. The summed E-state index contributed by atoms with van der Waals surface area (Å²) in [5.41, 5.74) is 2.07. The lowest BCUT2D eigenvalue weighted by atomic mass is 10.1. The molecule has 0 aliphatic carbocycles. The summed E-state index contributed by atoms with van der Waals surface area (Å²) in [5, 5.41) is 2.34. The lowest BCUT2D eigenvalue weighted by Crippen LogP contribution is -2.31. The molecule has 0 atom stereocenters. The highest BCUT2D eigenvalue weighted by atomic mass is 32.1. The first-order valence-electron chi connectivity index (χ1n) is 9.38. The van der Waals surface area contributed by atoms with Gasteiger partial charge in [0.25, 0.3) is 11.5 Å². The first-order valence-corrected chi connectivity index (χ1v) is 10.3. The average molecular weight is 413 g/mol. The molecule has 7 nitrogen and oxygen atoms in total. The van der Waals surface area contributed by atoms with E-state index in [1.54, 1.807) is 18.5 Å². The van der Waals surface area contributed by atoms with E-state index in [2.05, 4.69) is 11.9 Å². The molecule has 0 saturated carbocycles. The Balaban J connectivity index is 1.45. The van der Waals surface area contributed by atoms with E-state index < -0.39 is 5.97 Å². The number of aromatic nitrogens is 2. The molecule has 8 heteroatoms.